The number of likely N-dealkylation sites (tertiary alicyclic amines) is 2. The summed E-state index contributed by atoms with van der Waals surface area (Å²) < 4.78 is 36.9. The third kappa shape index (κ3) is 6.17. The Bertz CT molecular complexity index is 773. The molecule has 2 fully saturated rings. The Morgan fingerprint density at radius 3 is 2.48 bits per heavy atom. The number of carboxylic acid groups (broad SMARTS) is 2. The van der Waals surface area contributed by atoms with E-state index in [1.54, 1.807) is 7.11 Å². The van der Waals surface area contributed by atoms with E-state index in [0.717, 1.165) is 13.0 Å². The van der Waals surface area contributed by atoms with Crippen LogP contribution in [0.2, 0.25) is 0 Å². The summed E-state index contributed by atoms with van der Waals surface area (Å²) in [6.45, 7) is 3.75. The van der Waals surface area contributed by atoms with Crippen molar-refractivity contribution in [2.45, 2.75) is 19.0 Å². The number of carbonyl (C=O) groups is 3. The quantitative estimate of drug-likeness (QED) is 0.686. The molecule has 2 aliphatic rings. The number of amides is 1. The highest BCUT2D eigenvalue weighted by molar-refractivity contribution is 7.08. The molecule has 1 aromatic heterocycles. The number of hydrogen-bond acceptors (Lipinski definition) is 6. The first-order chi connectivity index (χ1) is 14.5. The largest absolute Gasteiger partial charge is 0.490 e. The molecular weight excluding hydrogens is 441 g/mol. The van der Waals surface area contributed by atoms with E-state index in [2.05, 4.69) is 4.90 Å². The normalized spacial score (nSPS) is 24.0. The first kappa shape index (κ1) is 25.1. The lowest BCUT2D eigenvalue weighted by molar-refractivity contribution is -0.192. The number of nitrogens with zero attached hydrogens (tertiary/aromatic N) is 2. The summed E-state index contributed by atoms with van der Waals surface area (Å²) in [7, 11) is 1.66. The second-order valence-electron chi connectivity index (χ2n) is 7.56. The Hall–Kier alpha value is -2.18. The Labute approximate surface area is 181 Å². The van der Waals surface area contributed by atoms with Crippen molar-refractivity contribution in [1.82, 2.24) is 9.80 Å². The first-order valence-electron chi connectivity index (χ1n) is 9.57. The van der Waals surface area contributed by atoms with Crippen LogP contribution in [0.3, 0.4) is 0 Å². The molecule has 8 nitrogen and oxygen atoms in total. The predicted octanol–water partition coefficient (Wildman–Crippen LogP) is 2.27. The minimum absolute atomic E-state index is 0.0211. The van der Waals surface area contributed by atoms with Crippen molar-refractivity contribution >= 4 is 29.2 Å². The van der Waals surface area contributed by atoms with E-state index in [0.29, 0.717) is 44.8 Å². The third-order valence-corrected chi connectivity index (χ3v) is 6.28. The number of rotatable bonds is 5. The van der Waals surface area contributed by atoms with E-state index in [4.69, 9.17) is 14.6 Å². The zero-order valence-electron chi connectivity index (χ0n) is 16.9. The van der Waals surface area contributed by atoms with Gasteiger partial charge in [0.1, 0.15) is 0 Å². The molecule has 12 heteroatoms. The first-order valence-corrected chi connectivity index (χ1v) is 10.5. The molecule has 2 aliphatic heterocycles. The van der Waals surface area contributed by atoms with Crippen molar-refractivity contribution in [3.63, 3.8) is 0 Å². The Morgan fingerprint density at radius 2 is 1.97 bits per heavy atom. The van der Waals surface area contributed by atoms with Crippen LogP contribution < -0.4 is 0 Å². The fraction of sp³-hybridized carbons (Fsp3) is 0.632. The van der Waals surface area contributed by atoms with Gasteiger partial charge in [-0.3, -0.25) is 14.5 Å². The average molecular weight is 466 g/mol. The summed E-state index contributed by atoms with van der Waals surface area (Å²) in [5, 5.41) is 20.8. The van der Waals surface area contributed by atoms with E-state index < -0.39 is 23.5 Å². The van der Waals surface area contributed by atoms with Gasteiger partial charge in [0.05, 0.1) is 17.6 Å². The van der Waals surface area contributed by atoms with Gasteiger partial charge in [-0.1, -0.05) is 0 Å². The van der Waals surface area contributed by atoms with E-state index in [1.165, 1.54) is 11.3 Å². The van der Waals surface area contributed by atoms with Crippen molar-refractivity contribution in [2.24, 2.45) is 11.3 Å². The van der Waals surface area contributed by atoms with Crippen molar-refractivity contribution in [3.05, 3.63) is 22.4 Å². The number of aliphatic carboxylic acids is 2. The van der Waals surface area contributed by atoms with Gasteiger partial charge in [-0.25, -0.2) is 4.79 Å². The van der Waals surface area contributed by atoms with Gasteiger partial charge in [0, 0.05) is 51.1 Å². The summed E-state index contributed by atoms with van der Waals surface area (Å²) in [6, 6.07) is 1.84. The van der Waals surface area contributed by atoms with Crippen LogP contribution in [0.15, 0.2) is 16.8 Å². The second-order valence-corrected chi connectivity index (χ2v) is 8.34. The van der Waals surface area contributed by atoms with Crippen LogP contribution in [-0.2, 0) is 14.3 Å². The van der Waals surface area contributed by atoms with Crippen LogP contribution >= 0.6 is 11.3 Å². The van der Waals surface area contributed by atoms with Crippen LogP contribution in [0, 0.1) is 11.3 Å². The summed E-state index contributed by atoms with van der Waals surface area (Å²) in [4.78, 5) is 37.7. The number of alkyl halides is 3. The van der Waals surface area contributed by atoms with E-state index >= 15 is 0 Å². The van der Waals surface area contributed by atoms with Gasteiger partial charge < -0.3 is 19.8 Å². The summed E-state index contributed by atoms with van der Waals surface area (Å²) in [5.74, 6) is -3.49. The predicted molar refractivity (Wildman–Crippen MR) is 105 cm³/mol. The maximum atomic E-state index is 12.7. The SMILES string of the molecule is COCCN1C[C@@H]2CN(C(=O)c3ccsc3)CCC[C@]2(C(=O)O)C1.O=C(O)C(F)(F)F. The Balaban J connectivity index is 0.000000423. The maximum absolute atomic E-state index is 12.7. The third-order valence-electron chi connectivity index (χ3n) is 5.59. The fourth-order valence-corrected chi connectivity index (χ4v) is 4.66. The van der Waals surface area contributed by atoms with E-state index in [-0.39, 0.29) is 11.8 Å². The number of carboxylic acids is 2. The standard InChI is InChI=1S/C17H24N2O4S.C2HF3O2/c1-23-7-6-18-9-14-10-19(15(20)13-3-8-24-11-13)5-2-4-17(14,12-18)16(21)22;3-2(4,5)1(6)7/h3,8,11,14H,2,4-7,9-10,12H2,1H3,(H,21,22);(H,6,7)/t14-,17+;/m1./s1. The van der Waals surface area contributed by atoms with Crippen LogP contribution in [0.25, 0.3) is 0 Å². The molecule has 174 valence electrons. The Kier molecular flexibility index (Phi) is 8.43. The van der Waals surface area contributed by atoms with Crippen LogP contribution in [-0.4, -0.2) is 90.5 Å². The lowest BCUT2D eigenvalue weighted by Gasteiger charge is -2.29. The summed E-state index contributed by atoms with van der Waals surface area (Å²) >= 11 is 1.51. The smallest absolute Gasteiger partial charge is 0.481 e. The molecular formula is C19H25F3N2O6S. The van der Waals surface area contributed by atoms with Crippen molar-refractivity contribution < 1.29 is 42.5 Å². The van der Waals surface area contributed by atoms with Gasteiger partial charge in [-0.05, 0) is 24.3 Å². The molecule has 0 saturated carbocycles. The molecule has 0 radical (unpaired) electrons. The zero-order chi connectivity index (χ0) is 23.2. The molecule has 31 heavy (non-hydrogen) atoms. The molecule has 2 saturated heterocycles. The van der Waals surface area contributed by atoms with Gasteiger partial charge in [0.2, 0.25) is 0 Å². The molecule has 3 heterocycles. The maximum Gasteiger partial charge on any atom is 0.490 e. The molecule has 0 spiro atoms. The molecule has 2 atom stereocenters. The van der Waals surface area contributed by atoms with Crippen LogP contribution in [0.4, 0.5) is 13.2 Å². The molecule has 0 aliphatic carbocycles. The number of ether oxygens (including phenoxy) is 1. The lowest BCUT2D eigenvalue weighted by atomic mass is 9.75. The number of carbonyl (C=O) groups excluding carboxylic acids is 1. The van der Waals surface area contributed by atoms with Crippen molar-refractivity contribution in [2.75, 3.05) is 46.4 Å². The molecule has 0 bridgehead atoms. The molecule has 1 aromatic rings. The monoisotopic (exact) mass is 466 g/mol. The van der Waals surface area contributed by atoms with Crippen LogP contribution in [0.1, 0.15) is 23.2 Å². The molecule has 3 rings (SSSR count). The molecule has 0 aromatic carbocycles. The highest BCUT2D eigenvalue weighted by Crippen LogP contribution is 2.43. The van der Waals surface area contributed by atoms with Crippen molar-refractivity contribution in [1.29, 1.82) is 0 Å². The van der Waals surface area contributed by atoms with Crippen molar-refractivity contribution in [3.8, 4) is 0 Å². The molecule has 1 amide bonds. The van der Waals surface area contributed by atoms with Gasteiger partial charge in [-0.15, -0.1) is 0 Å². The van der Waals surface area contributed by atoms with Crippen LogP contribution in [0.5, 0.6) is 0 Å². The Morgan fingerprint density at radius 1 is 1.29 bits per heavy atom. The second kappa shape index (κ2) is 10.4. The number of halogens is 3. The summed E-state index contributed by atoms with van der Waals surface area (Å²) in [5.41, 5.74) is -0.0331. The lowest BCUT2D eigenvalue weighted by Crippen LogP contribution is -2.42. The van der Waals surface area contributed by atoms with Gasteiger partial charge in [0.25, 0.3) is 5.91 Å². The minimum atomic E-state index is -5.08. The highest BCUT2D eigenvalue weighted by atomic mass is 32.1. The average Bonchev–Trinajstić information content (AvgIpc) is 3.30. The van der Waals surface area contributed by atoms with Gasteiger partial charge in [0.15, 0.2) is 0 Å². The summed E-state index contributed by atoms with van der Waals surface area (Å²) in [6.07, 6.45) is -3.72. The molecule has 2 N–H and O–H groups in total. The van der Waals surface area contributed by atoms with E-state index in [1.807, 2.05) is 21.7 Å². The zero-order valence-corrected chi connectivity index (χ0v) is 17.7. The highest BCUT2D eigenvalue weighted by Gasteiger charge is 2.53. The minimum Gasteiger partial charge on any atom is -0.481 e. The number of fused-ring (bicyclic) bond motifs is 1. The number of methoxy groups -OCH3 is 1. The topological polar surface area (TPSA) is 107 Å². The molecule has 0 unspecified atom stereocenters. The van der Waals surface area contributed by atoms with E-state index in [9.17, 15) is 27.9 Å². The van der Waals surface area contributed by atoms with Gasteiger partial charge >= 0.3 is 18.1 Å². The number of thiophene rings is 1. The number of hydrogen-bond donors (Lipinski definition) is 2. The van der Waals surface area contributed by atoms with Gasteiger partial charge in [-0.2, -0.15) is 24.5 Å². The fourth-order valence-electron chi connectivity index (χ4n) is 4.03.